The van der Waals surface area contributed by atoms with Crippen LogP contribution in [0.1, 0.15) is 6.92 Å². The van der Waals surface area contributed by atoms with E-state index in [2.05, 4.69) is 25.1 Å². The summed E-state index contributed by atoms with van der Waals surface area (Å²) in [4.78, 5) is 26.2. The van der Waals surface area contributed by atoms with E-state index in [9.17, 15) is 4.79 Å². The topological polar surface area (TPSA) is 64.1 Å². The first-order chi connectivity index (χ1) is 11.5. The Kier molecular flexibility index (Phi) is 6.66. The lowest BCUT2D eigenvalue weighted by atomic mass is 10.2. The predicted molar refractivity (Wildman–Crippen MR) is 97.7 cm³/mol. The lowest BCUT2D eigenvalue weighted by Gasteiger charge is -2.38. The molecule has 1 amide bonds. The van der Waals surface area contributed by atoms with Crippen molar-refractivity contribution in [2.24, 2.45) is 4.99 Å². The number of rotatable bonds is 4. The van der Waals surface area contributed by atoms with Crippen molar-refractivity contribution in [3.8, 4) is 0 Å². The molecule has 0 atom stereocenters. The van der Waals surface area contributed by atoms with Crippen LogP contribution in [0.5, 0.6) is 0 Å². The number of hydrogen-bond donors (Lipinski definition) is 1. The molecule has 1 aromatic heterocycles. The van der Waals surface area contributed by atoms with Gasteiger partial charge in [-0.15, -0.1) is 0 Å². The molecule has 0 bridgehead atoms. The van der Waals surface area contributed by atoms with E-state index < -0.39 is 0 Å². The molecule has 24 heavy (non-hydrogen) atoms. The van der Waals surface area contributed by atoms with E-state index in [1.54, 1.807) is 31.4 Å². The number of amides is 1. The van der Waals surface area contributed by atoms with Crippen molar-refractivity contribution >= 4 is 29.2 Å². The highest BCUT2D eigenvalue weighted by Crippen LogP contribution is 2.25. The van der Waals surface area contributed by atoms with Crippen LogP contribution in [-0.2, 0) is 4.79 Å². The first kappa shape index (κ1) is 18.3. The summed E-state index contributed by atoms with van der Waals surface area (Å²) in [6, 6.07) is 1.94. The molecule has 2 heterocycles. The van der Waals surface area contributed by atoms with Gasteiger partial charge in [0.1, 0.15) is 6.54 Å². The third kappa shape index (κ3) is 4.74. The number of pyridine rings is 1. The van der Waals surface area contributed by atoms with Gasteiger partial charge in [0.05, 0.1) is 10.7 Å². The Morgan fingerprint density at radius 2 is 2.08 bits per heavy atom. The molecule has 2 rings (SSSR count). The zero-order chi connectivity index (χ0) is 17.5. The number of carbonyl (C=O) groups excluding carboxylic acids is 1. The lowest BCUT2D eigenvalue weighted by Crippen LogP contribution is -2.52. The molecule has 1 aliphatic heterocycles. The molecule has 1 aliphatic rings. The van der Waals surface area contributed by atoms with Crippen molar-refractivity contribution in [3.05, 3.63) is 23.5 Å². The van der Waals surface area contributed by atoms with E-state index in [1.807, 2.05) is 13.0 Å². The highest BCUT2D eigenvalue weighted by molar-refractivity contribution is 6.33. The van der Waals surface area contributed by atoms with E-state index in [-0.39, 0.29) is 12.5 Å². The number of halogens is 1. The maximum Gasteiger partial charge on any atom is 0.243 e. The summed E-state index contributed by atoms with van der Waals surface area (Å²) in [5.41, 5.74) is 1.01. The lowest BCUT2D eigenvalue weighted by molar-refractivity contribution is -0.127. The Hall–Kier alpha value is -2.02. The van der Waals surface area contributed by atoms with E-state index in [4.69, 9.17) is 11.6 Å². The second-order valence-electron chi connectivity index (χ2n) is 5.76. The minimum Gasteiger partial charge on any atom is -0.367 e. The summed E-state index contributed by atoms with van der Waals surface area (Å²) in [5, 5.41) is 3.93. The van der Waals surface area contributed by atoms with Gasteiger partial charge in [0, 0.05) is 59.2 Å². The Balaban J connectivity index is 1.98. The number of carbonyl (C=O) groups is 1. The molecule has 1 fully saturated rings. The number of anilines is 1. The Morgan fingerprint density at radius 1 is 1.38 bits per heavy atom. The highest BCUT2D eigenvalue weighted by atomic mass is 35.5. The first-order valence-electron chi connectivity index (χ1n) is 8.10. The molecule has 0 aliphatic carbocycles. The predicted octanol–water partition coefficient (Wildman–Crippen LogP) is 0.911. The number of aliphatic imine (C=N–C) groups is 1. The fraction of sp³-hybridized carbons (Fsp3) is 0.562. The van der Waals surface area contributed by atoms with Crippen LogP contribution in [0.4, 0.5) is 5.69 Å². The molecule has 1 N–H and O–H groups in total. The standard InChI is InChI=1S/C16H25ClN6O/c1-4-19-16(20-12-15(24)21(2)3)23-9-7-22(8-10-23)14-5-6-18-11-13(14)17/h5-6,11H,4,7-10,12H2,1-3H3,(H,19,20). The van der Waals surface area contributed by atoms with E-state index in [0.29, 0.717) is 5.02 Å². The van der Waals surface area contributed by atoms with Gasteiger partial charge >= 0.3 is 0 Å². The third-order valence-electron chi connectivity index (χ3n) is 3.87. The fourth-order valence-corrected chi connectivity index (χ4v) is 2.73. The molecule has 1 saturated heterocycles. The van der Waals surface area contributed by atoms with Crippen molar-refractivity contribution in [1.29, 1.82) is 0 Å². The molecular weight excluding hydrogens is 328 g/mol. The third-order valence-corrected chi connectivity index (χ3v) is 4.16. The van der Waals surface area contributed by atoms with Gasteiger partial charge in [0.25, 0.3) is 0 Å². The van der Waals surface area contributed by atoms with Gasteiger partial charge in [-0.1, -0.05) is 11.6 Å². The maximum atomic E-state index is 11.8. The average molecular weight is 353 g/mol. The number of likely N-dealkylation sites (N-methyl/N-ethyl adjacent to an activating group) is 1. The molecule has 8 heteroatoms. The zero-order valence-electron chi connectivity index (χ0n) is 14.5. The van der Waals surface area contributed by atoms with Crippen LogP contribution in [0.2, 0.25) is 5.02 Å². The molecule has 0 aromatic carbocycles. The van der Waals surface area contributed by atoms with Crippen molar-refractivity contribution in [2.45, 2.75) is 6.92 Å². The highest BCUT2D eigenvalue weighted by Gasteiger charge is 2.21. The van der Waals surface area contributed by atoms with Gasteiger partial charge in [-0.2, -0.15) is 0 Å². The summed E-state index contributed by atoms with van der Waals surface area (Å²) in [7, 11) is 3.48. The Morgan fingerprint density at radius 3 is 2.67 bits per heavy atom. The molecule has 1 aromatic rings. The monoisotopic (exact) mass is 352 g/mol. The van der Waals surface area contributed by atoms with Crippen LogP contribution >= 0.6 is 11.6 Å². The van der Waals surface area contributed by atoms with E-state index >= 15 is 0 Å². The number of guanidine groups is 1. The van der Waals surface area contributed by atoms with Crippen LogP contribution in [0.3, 0.4) is 0 Å². The van der Waals surface area contributed by atoms with Crippen LogP contribution in [0.15, 0.2) is 23.5 Å². The van der Waals surface area contributed by atoms with Gasteiger partial charge in [-0.05, 0) is 13.0 Å². The number of hydrogen-bond acceptors (Lipinski definition) is 4. The van der Waals surface area contributed by atoms with E-state index in [1.165, 1.54) is 0 Å². The molecule has 0 spiro atoms. The molecular formula is C16H25ClN6O. The van der Waals surface area contributed by atoms with Crippen molar-refractivity contribution in [3.63, 3.8) is 0 Å². The number of nitrogens with zero attached hydrogens (tertiary/aromatic N) is 5. The number of aromatic nitrogens is 1. The Labute approximate surface area is 148 Å². The summed E-state index contributed by atoms with van der Waals surface area (Å²) in [6.07, 6.45) is 3.42. The summed E-state index contributed by atoms with van der Waals surface area (Å²) < 4.78 is 0. The minimum atomic E-state index is -0.00685. The summed E-state index contributed by atoms with van der Waals surface area (Å²) in [6.45, 7) is 6.28. The first-order valence-corrected chi connectivity index (χ1v) is 8.48. The van der Waals surface area contributed by atoms with Gasteiger partial charge in [0.15, 0.2) is 5.96 Å². The normalized spacial score (nSPS) is 15.4. The van der Waals surface area contributed by atoms with Crippen LogP contribution in [-0.4, -0.2) is 80.0 Å². The molecule has 0 saturated carbocycles. The van der Waals surface area contributed by atoms with Gasteiger partial charge in [-0.3, -0.25) is 9.78 Å². The number of nitrogens with one attached hydrogen (secondary N) is 1. The van der Waals surface area contributed by atoms with Gasteiger partial charge in [-0.25, -0.2) is 4.99 Å². The SMILES string of the molecule is CCNC(=NCC(=O)N(C)C)N1CCN(c2ccncc2Cl)CC1. The molecule has 0 radical (unpaired) electrons. The summed E-state index contributed by atoms with van der Waals surface area (Å²) >= 11 is 6.22. The second-order valence-corrected chi connectivity index (χ2v) is 6.17. The average Bonchev–Trinajstić information content (AvgIpc) is 2.59. The smallest absolute Gasteiger partial charge is 0.243 e. The van der Waals surface area contributed by atoms with Gasteiger partial charge in [0.2, 0.25) is 5.91 Å². The van der Waals surface area contributed by atoms with Crippen molar-refractivity contribution in [1.82, 2.24) is 20.1 Å². The number of piperazine rings is 1. The molecule has 132 valence electrons. The van der Waals surface area contributed by atoms with Crippen LogP contribution < -0.4 is 10.2 Å². The van der Waals surface area contributed by atoms with Crippen molar-refractivity contribution < 1.29 is 4.79 Å². The minimum absolute atomic E-state index is 0.00685. The molecule has 0 unspecified atom stereocenters. The second kappa shape index (κ2) is 8.73. The Bertz CT molecular complexity index is 584. The maximum absolute atomic E-state index is 11.8. The summed E-state index contributed by atoms with van der Waals surface area (Å²) in [5.74, 6) is 0.779. The fourth-order valence-electron chi connectivity index (χ4n) is 2.49. The molecule has 7 nitrogen and oxygen atoms in total. The van der Waals surface area contributed by atoms with Crippen molar-refractivity contribution in [2.75, 3.05) is 58.3 Å². The van der Waals surface area contributed by atoms with Crippen LogP contribution in [0, 0.1) is 0 Å². The van der Waals surface area contributed by atoms with E-state index in [0.717, 1.165) is 44.4 Å². The van der Waals surface area contributed by atoms with Gasteiger partial charge < -0.3 is 20.0 Å². The largest absolute Gasteiger partial charge is 0.367 e. The quantitative estimate of drug-likeness (QED) is 0.644. The zero-order valence-corrected chi connectivity index (χ0v) is 15.3. The van der Waals surface area contributed by atoms with Crippen LogP contribution in [0.25, 0.3) is 0 Å².